The van der Waals surface area contributed by atoms with Crippen LogP contribution in [0.5, 0.6) is 0 Å². The van der Waals surface area contributed by atoms with Gasteiger partial charge in [-0.1, -0.05) is 58.4 Å². The average molecular weight is 405 g/mol. The van der Waals surface area contributed by atoms with Crippen LogP contribution >= 0.6 is 0 Å². The maximum atomic E-state index is 3.38. The van der Waals surface area contributed by atoms with Crippen LogP contribution in [-0.2, 0) is 0 Å². The first-order valence-electron chi connectivity index (χ1n) is 11.2. The third kappa shape index (κ3) is 2.65. The molecule has 0 heterocycles. The van der Waals surface area contributed by atoms with Crippen LogP contribution in [0.15, 0.2) is 141 Å². The topological polar surface area (TPSA) is 0 Å². The molecule has 32 heavy (non-hydrogen) atoms. The van der Waals surface area contributed by atoms with Crippen LogP contribution in [0, 0.1) is 12.8 Å². The third-order valence-corrected chi connectivity index (χ3v) is 6.93. The van der Waals surface area contributed by atoms with Crippen molar-refractivity contribution in [1.82, 2.24) is 0 Å². The van der Waals surface area contributed by atoms with Crippen LogP contribution in [0.4, 0.5) is 0 Å². The molecule has 1 aromatic rings. The highest BCUT2D eigenvalue weighted by Gasteiger charge is 2.30. The van der Waals surface area contributed by atoms with E-state index in [4.69, 9.17) is 0 Å². The van der Waals surface area contributed by atoms with Gasteiger partial charge >= 0.3 is 0 Å². The third-order valence-electron chi connectivity index (χ3n) is 6.93. The van der Waals surface area contributed by atoms with Gasteiger partial charge in [-0.05, 0) is 35.8 Å². The van der Waals surface area contributed by atoms with E-state index in [0.29, 0.717) is 0 Å². The summed E-state index contributed by atoms with van der Waals surface area (Å²) in [5, 5.41) is 0. The number of benzene rings is 1. The van der Waals surface area contributed by atoms with E-state index in [1.807, 2.05) is 0 Å². The smallest absolute Gasteiger partial charge is 0.108 e. The zero-order chi connectivity index (χ0) is 21.1. The molecule has 0 aromatic heterocycles. The molecule has 0 heteroatoms. The minimum Gasteiger partial charge on any atom is -0.144 e. The average Bonchev–Trinajstić information content (AvgIpc) is 2.85. The van der Waals surface area contributed by atoms with Crippen molar-refractivity contribution in [3.63, 3.8) is 0 Å². The summed E-state index contributed by atoms with van der Waals surface area (Å²) in [5.74, 6) is 0. The molecule has 0 aliphatic heterocycles. The van der Waals surface area contributed by atoms with Gasteiger partial charge in [-0.25, -0.2) is 0 Å². The monoisotopic (exact) mass is 404 g/mol. The molecule has 0 amide bonds. The van der Waals surface area contributed by atoms with Gasteiger partial charge in [0.05, 0.1) is 5.57 Å². The van der Waals surface area contributed by atoms with E-state index in [9.17, 15) is 0 Å². The standard InChI is InChI=1S/C32H20/c1-5-23-6-2-10-26-18-29(17-25(9-1)31(23)26)21-13-15-22(16-14-21)30-19-27-11-3-7-24-8-4-12-28(20-30)32(24)27/h1-5,7,9-17,19H,18,20H2. The van der Waals surface area contributed by atoms with Crippen molar-refractivity contribution in [2.24, 2.45) is 0 Å². The molecule has 0 saturated carbocycles. The highest BCUT2D eigenvalue weighted by molar-refractivity contribution is 5.83. The molecule has 7 rings (SSSR count). The first-order chi connectivity index (χ1) is 15.8. The molecule has 0 unspecified atom stereocenters. The zero-order valence-corrected chi connectivity index (χ0v) is 17.7. The van der Waals surface area contributed by atoms with Crippen molar-refractivity contribution < 1.29 is 0 Å². The van der Waals surface area contributed by atoms with Crippen LogP contribution in [0.1, 0.15) is 24.0 Å². The van der Waals surface area contributed by atoms with Gasteiger partial charge < -0.3 is 0 Å². The molecule has 0 N–H and O–H groups in total. The van der Waals surface area contributed by atoms with Gasteiger partial charge in [0.2, 0.25) is 0 Å². The zero-order valence-electron chi connectivity index (χ0n) is 17.7. The molecule has 6 aliphatic rings. The minimum absolute atomic E-state index is 0.968. The lowest BCUT2D eigenvalue weighted by Crippen LogP contribution is -2.09. The van der Waals surface area contributed by atoms with E-state index in [1.165, 1.54) is 66.9 Å². The van der Waals surface area contributed by atoms with E-state index in [2.05, 4.69) is 109 Å². The summed E-state index contributed by atoms with van der Waals surface area (Å²) in [6.07, 6.45) is 28.2. The summed E-state index contributed by atoms with van der Waals surface area (Å²) in [6, 6.07) is 9.16. The van der Waals surface area contributed by atoms with Gasteiger partial charge in [0.15, 0.2) is 0 Å². The molecule has 0 spiro atoms. The van der Waals surface area contributed by atoms with E-state index >= 15 is 0 Å². The lowest BCUT2D eigenvalue weighted by Gasteiger charge is -2.33. The summed E-state index contributed by atoms with van der Waals surface area (Å²) in [4.78, 5) is 0. The number of hydrogen-bond donors (Lipinski definition) is 0. The summed E-state index contributed by atoms with van der Waals surface area (Å²) in [7, 11) is 0. The van der Waals surface area contributed by atoms with Crippen LogP contribution in [0.2, 0.25) is 0 Å². The fraction of sp³-hybridized carbons (Fsp3) is 0.0625. The highest BCUT2D eigenvalue weighted by atomic mass is 14.3. The largest absolute Gasteiger partial charge is 0.144 e. The Morgan fingerprint density at radius 1 is 0.719 bits per heavy atom. The molecule has 0 saturated heterocycles. The van der Waals surface area contributed by atoms with Crippen molar-refractivity contribution in [2.75, 3.05) is 0 Å². The minimum atomic E-state index is 0.968. The Morgan fingerprint density at radius 2 is 1.38 bits per heavy atom. The Morgan fingerprint density at radius 3 is 2.12 bits per heavy atom. The fourth-order valence-corrected chi connectivity index (χ4v) is 5.42. The molecule has 0 radical (unpaired) electrons. The molecule has 1 aromatic carbocycles. The van der Waals surface area contributed by atoms with Crippen molar-refractivity contribution in [3.05, 3.63) is 165 Å². The van der Waals surface area contributed by atoms with Crippen LogP contribution in [0.25, 0.3) is 11.1 Å². The quantitative estimate of drug-likeness (QED) is 0.355. The van der Waals surface area contributed by atoms with Crippen molar-refractivity contribution in [1.29, 1.82) is 0 Å². The van der Waals surface area contributed by atoms with E-state index < -0.39 is 0 Å². The molecule has 6 aliphatic carbocycles. The molecule has 0 fully saturated rings. The Bertz CT molecular complexity index is 1360. The second-order valence-corrected chi connectivity index (χ2v) is 8.82. The Balaban J connectivity index is 1.22. The Kier molecular flexibility index (Phi) is 3.69. The summed E-state index contributed by atoms with van der Waals surface area (Å²) < 4.78 is 0. The van der Waals surface area contributed by atoms with E-state index in [-0.39, 0.29) is 0 Å². The summed E-state index contributed by atoms with van der Waals surface area (Å²) >= 11 is 0. The molecule has 0 nitrogen and oxygen atoms in total. The van der Waals surface area contributed by atoms with Gasteiger partial charge in [-0.15, -0.1) is 36.0 Å². The van der Waals surface area contributed by atoms with Gasteiger partial charge in [0.25, 0.3) is 0 Å². The molecule has 0 atom stereocenters. The van der Waals surface area contributed by atoms with Crippen LogP contribution in [-0.4, -0.2) is 0 Å². The number of allylic oxidation sites excluding steroid dienone is 18. The fourth-order valence-electron chi connectivity index (χ4n) is 5.42. The SMILES string of the molecule is C1=CC=C2CC(c3ccc(C4=CC5=C6C(=C=CC=C6C4)C=C[CH-]5)cc3)=CC3=C2C=1C=C[CH+]3. The normalized spacial score (nSPS) is 21.4. The molecular formula is C32H20. The maximum Gasteiger partial charge on any atom is 0.108 e. The van der Waals surface area contributed by atoms with Gasteiger partial charge in [-0.3, -0.25) is 0 Å². The van der Waals surface area contributed by atoms with E-state index in [1.54, 1.807) is 0 Å². The Hall–Kier alpha value is -4.08. The lowest BCUT2D eigenvalue weighted by molar-refractivity contribution is 1.16. The van der Waals surface area contributed by atoms with Crippen molar-refractivity contribution in [3.8, 4) is 0 Å². The van der Waals surface area contributed by atoms with Crippen molar-refractivity contribution in [2.45, 2.75) is 12.8 Å². The van der Waals surface area contributed by atoms with Crippen molar-refractivity contribution >= 4 is 11.1 Å². The molecule has 148 valence electrons. The van der Waals surface area contributed by atoms with E-state index in [0.717, 1.165) is 12.8 Å². The summed E-state index contributed by atoms with van der Waals surface area (Å²) in [6.45, 7) is 0. The first kappa shape index (κ1) is 17.6. The van der Waals surface area contributed by atoms with Gasteiger partial charge in [-0.2, -0.15) is 0 Å². The molecule has 0 bridgehead atoms. The molecular weight excluding hydrogens is 384 g/mol. The predicted octanol–water partition coefficient (Wildman–Crippen LogP) is 7.45. The second-order valence-electron chi connectivity index (χ2n) is 8.82. The predicted molar refractivity (Wildman–Crippen MR) is 132 cm³/mol. The van der Waals surface area contributed by atoms with Crippen LogP contribution < -0.4 is 0 Å². The number of rotatable bonds is 2. The van der Waals surface area contributed by atoms with Gasteiger partial charge in [0, 0.05) is 42.2 Å². The lowest BCUT2D eigenvalue weighted by atomic mass is 9.76. The second kappa shape index (κ2) is 6.71. The number of hydrogen-bond acceptors (Lipinski definition) is 0. The first-order valence-corrected chi connectivity index (χ1v) is 11.2. The summed E-state index contributed by atoms with van der Waals surface area (Å²) in [5.41, 5.74) is 22.6. The van der Waals surface area contributed by atoms with Crippen LogP contribution in [0.3, 0.4) is 0 Å². The van der Waals surface area contributed by atoms with Gasteiger partial charge in [0.1, 0.15) is 11.1 Å². The Labute approximate surface area is 189 Å². The maximum absolute atomic E-state index is 3.38. The highest BCUT2D eigenvalue weighted by Crippen LogP contribution is 2.44.